The molecule has 0 heterocycles. The molecule has 0 unspecified atom stereocenters. The van der Waals surface area contributed by atoms with Gasteiger partial charge in [0.2, 0.25) is 5.91 Å². The number of hydrogen-bond donors (Lipinski definition) is 1. The van der Waals surface area contributed by atoms with Gasteiger partial charge >= 0.3 is 0 Å². The molecule has 184 valence electrons. The minimum absolute atomic E-state index is 0.192. The second-order valence-electron chi connectivity index (χ2n) is 8.16. The van der Waals surface area contributed by atoms with Crippen molar-refractivity contribution in [3.05, 3.63) is 99.0 Å². The molecule has 7 heteroatoms. The van der Waals surface area contributed by atoms with Gasteiger partial charge in [0.05, 0.1) is 4.47 Å². The third-order valence-corrected chi connectivity index (χ3v) is 6.52. The highest BCUT2D eigenvalue weighted by Gasteiger charge is 2.30. The van der Waals surface area contributed by atoms with Crippen molar-refractivity contribution in [3.8, 4) is 5.75 Å². The Labute approximate surface area is 220 Å². The predicted octanol–water partition coefficient (Wildman–Crippen LogP) is 5.82. The topological polar surface area (TPSA) is 58.6 Å². The van der Waals surface area contributed by atoms with E-state index in [1.807, 2.05) is 67.6 Å². The molecule has 3 rings (SSSR count). The van der Waals surface area contributed by atoms with E-state index < -0.39 is 6.04 Å². The maximum Gasteiger partial charge on any atom is 0.261 e. The van der Waals surface area contributed by atoms with E-state index in [2.05, 4.69) is 28.2 Å². The van der Waals surface area contributed by atoms with Gasteiger partial charge in [-0.1, -0.05) is 67.1 Å². The summed E-state index contributed by atoms with van der Waals surface area (Å²) in [5.74, 6) is 0.102. The second-order valence-corrected chi connectivity index (χ2v) is 9.45. The monoisotopic (exact) mass is 556 g/mol. The summed E-state index contributed by atoms with van der Waals surface area (Å²) in [4.78, 5) is 28.3. The zero-order valence-corrected chi connectivity index (χ0v) is 22.3. The third kappa shape index (κ3) is 7.84. The molecule has 0 spiro atoms. The summed E-state index contributed by atoms with van der Waals surface area (Å²) >= 11 is 9.58. The van der Waals surface area contributed by atoms with Crippen molar-refractivity contribution in [2.75, 3.05) is 13.2 Å². The molecule has 0 aromatic heterocycles. The van der Waals surface area contributed by atoms with E-state index in [0.717, 1.165) is 22.0 Å². The normalized spacial score (nSPS) is 11.5. The number of rotatable bonds is 11. The Kier molecular flexibility index (Phi) is 10.2. The minimum atomic E-state index is -0.699. The first-order valence-corrected chi connectivity index (χ1v) is 12.8. The number of benzene rings is 3. The zero-order valence-electron chi connectivity index (χ0n) is 20.0. The van der Waals surface area contributed by atoms with Gasteiger partial charge in [-0.3, -0.25) is 9.59 Å². The van der Waals surface area contributed by atoms with Crippen molar-refractivity contribution in [2.45, 2.75) is 39.3 Å². The summed E-state index contributed by atoms with van der Waals surface area (Å²) in [5, 5.41) is 3.50. The Bertz CT molecular complexity index is 1120. The van der Waals surface area contributed by atoms with Crippen LogP contribution in [-0.4, -0.2) is 35.9 Å². The fourth-order valence-electron chi connectivity index (χ4n) is 3.74. The van der Waals surface area contributed by atoms with Crippen LogP contribution in [0.2, 0.25) is 5.02 Å². The average molecular weight is 558 g/mol. The third-order valence-electron chi connectivity index (χ3n) is 5.64. The Morgan fingerprint density at radius 3 is 2.29 bits per heavy atom. The smallest absolute Gasteiger partial charge is 0.261 e. The molecule has 0 aliphatic heterocycles. The van der Waals surface area contributed by atoms with Crippen molar-refractivity contribution in [2.24, 2.45) is 0 Å². The van der Waals surface area contributed by atoms with Crippen LogP contribution in [-0.2, 0) is 29.0 Å². The Morgan fingerprint density at radius 2 is 1.66 bits per heavy atom. The van der Waals surface area contributed by atoms with Crippen LogP contribution in [0.15, 0.2) is 77.3 Å². The molecule has 0 fully saturated rings. The molecule has 35 heavy (non-hydrogen) atoms. The van der Waals surface area contributed by atoms with Gasteiger partial charge in [0.15, 0.2) is 6.61 Å². The van der Waals surface area contributed by atoms with Crippen molar-refractivity contribution in [1.29, 1.82) is 0 Å². The summed E-state index contributed by atoms with van der Waals surface area (Å²) in [6, 6.07) is 22.1. The largest absolute Gasteiger partial charge is 0.483 e. The van der Waals surface area contributed by atoms with Crippen LogP contribution in [0.5, 0.6) is 5.75 Å². The number of halogens is 2. The molecule has 0 bridgehead atoms. The lowest BCUT2D eigenvalue weighted by Crippen LogP contribution is -2.51. The average Bonchev–Trinajstić information content (AvgIpc) is 2.87. The van der Waals surface area contributed by atoms with Crippen LogP contribution in [0.25, 0.3) is 0 Å². The zero-order chi connectivity index (χ0) is 25.2. The molecule has 2 amide bonds. The molecular weight excluding hydrogens is 528 g/mol. The van der Waals surface area contributed by atoms with E-state index in [1.54, 1.807) is 17.0 Å². The first kappa shape index (κ1) is 26.8. The molecule has 3 aromatic rings. The van der Waals surface area contributed by atoms with E-state index in [-0.39, 0.29) is 25.0 Å². The summed E-state index contributed by atoms with van der Waals surface area (Å²) in [5.41, 5.74) is 3.01. The van der Waals surface area contributed by atoms with Gasteiger partial charge < -0.3 is 15.0 Å². The summed E-state index contributed by atoms with van der Waals surface area (Å²) in [7, 11) is 0. The van der Waals surface area contributed by atoms with Gasteiger partial charge in [-0.05, 0) is 70.2 Å². The van der Waals surface area contributed by atoms with Gasteiger partial charge in [0, 0.05) is 24.5 Å². The van der Waals surface area contributed by atoms with E-state index in [1.165, 1.54) is 5.56 Å². The van der Waals surface area contributed by atoms with Crippen LogP contribution < -0.4 is 10.1 Å². The Balaban J connectivity index is 1.88. The molecule has 0 radical (unpaired) electrons. The number of hydrogen-bond acceptors (Lipinski definition) is 3. The number of nitrogens with one attached hydrogen (secondary N) is 1. The molecule has 1 atom stereocenters. The Hall–Kier alpha value is -2.83. The van der Waals surface area contributed by atoms with Gasteiger partial charge in [0.25, 0.3) is 5.91 Å². The highest BCUT2D eigenvalue weighted by Crippen LogP contribution is 2.26. The van der Waals surface area contributed by atoms with Crippen LogP contribution in [0.1, 0.15) is 30.5 Å². The number of ether oxygens (including phenoxy) is 1. The quantitative estimate of drug-likeness (QED) is 0.323. The summed E-state index contributed by atoms with van der Waals surface area (Å²) in [6.07, 6.45) is 1.29. The fraction of sp³-hybridized carbons (Fsp3) is 0.286. The van der Waals surface area contributed by atoms with E-state index in [4.69, 9.17) is 16.3 Å². The van der Waals surface area contributed by atoms with Crippen LogP contribution in [0.3, 0.4) is 0 Å². The number of amides is 2. The summed E-state index contributed by atoms with van der Waals surface area (Å²) in [6.45, 7) is 4.48. The van der Waals surface area contributed by atoms with Crippen LogP contribution in [0, 0.1) is 0 Å². The number of carbonyl (C=O) groups is 2. The lowest BCUT2D eigenvalue weighted by molar-refractivity contribution is -0.142. The number of aryl methyl sites for hydroxylation is 1. The lowest BCUT2D eigenvalue weighted by Gasteiger charge is -2.31. The maximum absolute atomic E-state index is 13.5. The highest BCUT2D eigenvalue weighted by molar-refractivity contribution is 9.10. The first-order valence-electron chi connectivity index (χ1n) is 11.7. The van der Waals surface area contributed by atoms with Crippen molar-refractivity contribution < 1.29 is 14.3 Å². The van der Waals surface area contributed by atoms with Gasteiger partial charge in [-0.2, -0.15) is 0 Å². The molecule has 5 nitrogen and oxygen atoms in total. The van der Waals surface area contributed by atoms with Crippen LogP contribution in [0.4, 0.5) is 0 Å². The number of nitrogens with zero attached hydrogens (tertiary/aromatic N) is 1. The van der Waals surface area contributed by atoms with Crippen molar-refractivity contribution in [1.82, 2.24) is 10.2 Å². The molecule has 3 aromatic carbocycles. The van der Waals surface area contributed by atoms with Crippen molar-refractivity contribution >= 4 is 39.3 Å². The van der Waals surface area contributed by atoms with Crippen LogP contribution >= 0.6 is 27.5 Å². The molecule has 0 saturated carbocycles. The molecule has 0 aliphatic carbocycles. The molecule has 0 saturated heterocycles. The highest BCUT2D eigenvalue weighted by atomic mass is 79.9. The van der Waals surface area contributed by atoms with E-state index in [9.17, 15) is 9.59 Å². The van der Waals surface area contributed by atoms with E-state index >= 15 is 0 Å². The Morgan fingerprint density at radius 1 is 0.971 bits per heavy atom. The lowest BCUT2D eigenvalue weighted by atomic mass is 10.0. The fourth-order valence-corrected chi connectivity index (χ4v) is 4.40. The van der Waals surface area contributed by atoms with Gasteiger partial charge in [-0.25, -0.2) is 0 Å². The number of likely N-dealkylation sites (N-methyl/N-ethyl adjacent to an activating group) is 1. The van der Waals surface area contributed by atoms with Crippen molar-refractivity contribution in [3.63, 3.8) is 0 Å². The SMILES string of the molecule is CCNC(=O)[C@H](Cc1ccccc1)N(Cc1ccc(Cl)cc1)C(=O)COc1ccc(CC)cc1Br. The summed E-state index contributed by atoms with van der Waals surface area (Å²) < 4.78 is 6.68. The molecular formula is C28H30BrClN2O3. The maximum atomic E-state index is 13.5. The van der Waals surface area contributed by atoms with Gasteiger partial charge in [0.1, 0.15) is 11.8 Å². The molecule has 1 N–H and O–H groups in total. The number of carbonyl (C=O) groups excluding carboxylic acids is 2. The first-order chi connectivity index (χ1) is 16.9. The minimum Gasteiger partial charge on any atom is -0.483 e. The van der Waals surface area contributed by atoms with Gasteiger partial charge in [-0.15, -0.1) is 0 Å². The molecule has 0 aliphatic rings. The predicted molar refractivity (Wildman–Crippen MR) is 144 cm³/mol. The van der Waals surface area contributed by atoms with E-state index in [0.29, 0.717) is 23.7 Å². The second kappa shape index (κ2) is 13.3. The standard InChI is InChI=1S/C28H30BrClN2O3/c1-3-20-12-15-26(24(29)16-20)35-19-27(33)32(18-22-10-13-23(30)14-11-22)25(28(34)31-4-2)17-21-8-6-5-7-9-21/h5-16,25H,3-4,17-19H2,1-2H3,(H,31,34)/t25-/m0/s1.